The third-order valence-corrected chi connectivity index (χ3v) is 3.33. The van der Waals surface area contributed by atoms with Gasteiger partial charge in [0, 0.05) is 25.7 Å². The highest BCUT2D eigenvalue weighted by Gasteiger charge is 2.25. The third-order valence-electron chi connectivity index (χ3n) is 3.33. The van der Waals surface area contributed by atoms with E-state index in [0.29, 0.717) is 12.1 Å². The van der Waals surface area contributed by atoms with E-state index in [0.717, 1.165) is 19.1 Å². The molecule has 0 saturated carbocycles. The SMILES string of the molecule is CCOC(C)CN1CCC(NC)C(C)C1. The highest BCUT2D eigenvalue weighted by Crippen LogP contribution is 2.16. The number of ether oxygens (including phenoxy) is 1. The minimum Gasteiger partial charge on any atom is -0.377 e. The predicted molar refractivity (Wildman–Crippen MR) is 64.2 cm³/mol. The van der Waals surface area contributed by atoms with Gasteiger partial charge < -0.3 is 15.0 Å². The van der Waals surface area contributed by atoms with Crippen LogP contribution in [0.5, 0.6) is 0 Å². The Morgan fingerprint density at radius 1 is 1.53 bits per heavy atom. The predicted octanol–water partition coefficient (Wildman–Crippen LogP) is 1.34. The average Bonchev–Trinajstić information content (AvgIpc) is 2.18. The Bertz CT molecular complexity index is 173. The Hall–Kier alpha value is -0.120. The molecule has 1 saturated heterocycles. The van der Waals surface area contributed by atoms with Crippen LogP contribution in [0.2, 0.25) is 0 Å². The Morgan fingerprint density at radius 2 is 2.27 bits per heavy atom. The standard InChI is InChI=1S/C12H26N2O/c1-5-15-11(3)9-14-7-6-12(13-4)10(2)8-14/h10-13H,5-9H2,1-4H3. The molecule has 3 nitrogen and oxygen atoms in total. The van der Waals surface area contributed by atoms with Gasteiger partial charge in [0.05, 0.1) is 6.10 Å². The van der Waals surface area contributed by atoms with E-state index in [-0.39, 0.29) is 0 Å². The molecule has 1 rings (SSSR count). The summed E-state index contributed by atoms with van der Waals surface area (Å²) < 4.78 is 5.58. The first-order valence-corrected chi connectivity index (χ1v) is 6.18. The molecule has 0 bridgehead atoms. The lowest BCUT2D eigenvalue weighted by atomic mass is 9.94. The number of hydrogen-bond donors (Lipinski definition) is 1. The van der Waals surface area contributed by atoms with Crippen LogP contribution in [0.25, 0.3) is 0 Å². The molecule has 0 radical (unpaired) electrons. The molecule has 15 heavy (non-hydrogen) atoms. The minimum atomic E-state index is 0.369. The van der Waals surface area contributed by atoms with Crippen molar-refractivity contribution in [1.82, 2.24) is 10.2 Å². The molecule has 0 spiro atoms. The zero-order chi connectivity index (χ0) is 11.3. The molecular formula is C12H26N2O. The summed E-state index contributed by atoms with van der Waals surface area (Å²) in [5.41, 5.74) is 0. The average molecular weight is 214 g/mol. The van der Waals surface area contributed by atoms with Crippen LogP contribution in [-0.4, -0.2) is 50.3 Å². The van der Waals surface area contributed by atoms with Crippen LogP contribution in [0.3, 0.4) is 0 Å². The number of nitrogens with zero attached hydrogens (tertiary/aromatic N) is 1. The summed E-state index contributed by atoms with van der Waals surface area (Å²) in [5.74, 6) is 0.748. The molecule has 1 heterocycles. The van der Waals surface area contributed by atoms with Gasteiger partial charge in [-0.1, -0.05) is 6.92 Å². The van der Waals surface area contributed by atoms with Crippen molar-refractivity contribution in [3.05, 3.63) is 0 Å². The highest BCUT2D eigenvalue weighted by atomic mass is 16.5. The van der Waals surface area contributed by atoms with Crippen molar-refractivity contribution in [3.63, 3.8) is 0 Å². The minimum absolute atomic E-state index is 0.369. The van der Waals surface area contributed by atoms with E-state index in [1.165, 1.54) is 19.5 Å². The van der Waals surface area contributed by atoms with Crippen molar-refractivity contribution in [2.75, 3.05) is 33.3 Å². The van der Waals surface area contributed by atoms with Gasteiger partial charge in [-0.15, -0.1) is 0 Å². The summed E-state index contributed by atoms with van der Waals surface area (Å²) in [6.07, 6.45) is 1.63. The molecule has 1 aliphatic rings. The Morgan fingerprint density at radius 3 is 2.80 bits per heavy atom. The zero-order valence-corrected chi connectivity index (χ0v) is 10.6. The van der Waals surface area contributed by atoms with Crippen molar-refractivity contribution in [2.24, 2.45) is 5.92 Å². The summed E-state index contributed by atoms with van der Waals surface area (Å²) in [6.45, 7) is 10.9. The topological polar surface area (TPSA) is 24.5 Å². The monoisotopic (exact) mass is 214 g/mol. The van der Waals surface area contributed by atoms with E-state index in [9.17, 15) is 0 Å². The first-order valence-electron chi connectivity index (χ1n) is 6.18. The largest absolute Gasteiger partial charge is 0.377 e. The number of likely N-dealkylation sites (tertiary alicyclic amines) is 1. The van der Waals surface area contributed by atoms with Gasteiger partial charge in [0.1, 0.15) is 0 Å². The molecule has 0 aromatic heterocycles. The molecular weight excluding hydrogens is 188 g/mol. The normalized spacial score (nSPS) is 30.4. The first-order chi connectivity index (χ1) is 7.17. The van der Waals surface area contributed by atoms with E-state index >= 15 is 0 Å². The number of rotatable bonds is 5. The van der Waals surface area contributed by atoms with Crippen LogP contribution >= 0.6 is 0 Å². The fourth-order valence-corrected chi connectivity index (χ4v) is 2.53. The summed E-state index contributed by atoms with van der Waals surface area (Å²) in [5, 5.41) is 3.39. The molecule has 1 N–H and O–H groups in total. The molecule has 3 atom stereocenters. The summed E-state index contributed by atoms with van der Waals surface area (Å²) in [6, 6.07) is 0.698. The second-order valence-corrected chi connectivity index (χ2v) is 4.69. The quantitative estimate of drug-likeness (QED) is 0.747. The second kappa shape index (κ2) is 6.46. The lowest BCUT2D eigenvalue weighted by molar-refractivity contribution is 0.0304. The van der Waals surface area contributed by atoms with Gasteiger partial charge in [-0.3, -0.25) is 0 Å². The fraction of sp³-hybridized carbons (Fsp3) is 1.00. The highest BCUT2D eigenvalue weighted by molar-refractivity contribution is 4.82. The lowest BCUT2D eigenvalue weighted by Gasteiger charge is -2.37. The van der Waals surface area contributed by atoms with E-state index in [1.54, 1.807) is 0 Å². The van der Waals surface area contributed by atoms with Crippen molar-refractivity contribution < 1.29 is 4.74 Å². The molecule has 0 aromatic carbocycles. The van der Waals surface area contributed by atoms with Crippen molar-refractivity contribution in [1.29, 1.82) is 0 Å². The third kappa shape index (κ3) is 4.09. The maximum Gasteiger partial charge on any atom is 0.0673 e. The van der Waals surface area contributed by atoms with Crippen molar-refractivity contribution in [2.45, 2.75) is 39.3 Å². The Labute approximate surface area is 94.2 Å². The van der Waals surface area contributed by atoms with E-state index < -0.39 is 0 Å². The van der Waals surface area contributed by atoms with Crippen LogP contribution in [0, 0.1) is 5.92 Å². The molecule has 3 heteroatoms. The molecule has 1 fully saturated rings. The molecule has 1 aliphatic heterocycles. The number of piperidine rings is 1. The van der Waals surface area contributed by atoms with Gasteiger partial charge in [-0.25, -0.2) is 0 Å². The van der Waals surface area contributed by atoms with Crippen LogP contribution < -0.4 is 5.32 Å². The van der Waals surface area contributed by atoms with Crippen LogP contribution in [-0.2, 0) is 4.74 Å². The van der Waals surface area contributed by atoms with E-state index in [1.807, 2.05) is 0 Å². The molecule has 3 unspecified atom stereocenters. The van der Waals surface area contributed by atoms with Gasteiger partial charge in [-0.05, 0) is 39.8 Å². The molecule has 90 valence electrons. The van der Waals surface area contributed by atoms with E-state index in [2.05, 4.69) is 38.0 Å². The Balaban J connectivity index is 2.28. The van der Waals surface area contributed by atoms with Gasteiger partial charge in [0.2, 0.25) is 0 Å². The molecule has 0 amide bonds. The van der Waals surface area contributed by atoms with Gasteiger partial charge in [0.15, 0.2) is 0 Å². The smallest absolute Gasteiger partial charge is 0.0673 e. The van der Waals surface area contributed by atoms with Gasteiger partial charge in [0.25, 0.3) is 0 Å². The maximum absolute atomic E-state index is 5.58. The van der Waals surface area contributed by atoms with Crippen LogP contribution in [0.15, 0.2) is 0 Å². The zero-order valence-electron chi connectivity index (χ0n) is 10.6. The first kappa shape index (κ1) is 12.9. The second-order valence-electron chi connectivity index (χ2n) is 4.69. The van der Waals surface area contributed by atoms with Gasteiger partial charge in [-0.2, -0.15) is 0 Å². The summed E-state index contributed by atoms with van der Waals surface area (Å²) in [4.78, 5) is 2.53. The summed E-state index contributed by atoms with van der Waals surface area (Å²) in [7, 11) is 2.07. The van der Waals surface area contributed by atoms with E-state index in [4.69, 9.17) is 4.74 Å². The maximum atomic E-state index is 5.58. The van der Waals surface area contributed by atoms with Crippen LogP contribution in [0.1, 0.15) is 27.2 Å². The van der Waals surface area contributed by atoms with Crippen molar-refractivity contribution in [3.8, 4) is 0 Å². The van der Waals surface area contributed by atoms with Crippen LogP contribution in [0.4, 0.5) is 0 Å². The Kier molecular flexibility index (Phi) is 5.58. The molecule has 0 aromatic rings. The number of hydrogen-bond acceptors (Lipinski definition) is 3. The van der Waals surface area contributed by atoms with Crippen molar-refractivity contribution >= 4 is 0 Å². The molecule has 0 aliphatic carbocycles. The van der Waals surface area contributed by atoms with Gasteiger partial charge >= 0.3 is 0 Å². The summed E-state index contributed by atoms with van der Waals surface area (Å²) >= 11 is 0. The fourth-order valence-electron chi connectivity index (χ4n) is 2.53. The number of nitrogens with one attached hydrogen (secondary N) is 1. The lowest BCUT2D eigenvalue weighted by Crippen LogP contribution is -2.49.